The Kier molecular flexibility index (Phi) is 16.3. The van der Waals surface area contributed by atoms with E-state index in [2.05, 4.69) is 29.9 Å². The van der Waals surface area contributed by atoms with Crippen LogP contribution in [0.25, 0.3) is 22.5 Å². The molecule has 6 heterocycles. The number of amides is 2. The molecule has 0 bridgehead atoms. The van der Waals surface area contributed by atoms with Crippen LogP contribution in [-0.2, 0) is 44.3 Å². The summed E-state index contributed by atoms with van der Waals surface area (Å²) in [6.45, 7) is 16.1. The van der Waals surface area contributed by atoms with E-state index in [4.69, 9.17) is 9.47 Å². The molecule has 0 saturated carbocycles. The van der Waals surface area contributed by atoms with Crippen molar-refractivity contribution in [3.8, 4) is 22.5 Å². The molecular formula is C47H56F6N8O7. The number of ether oxygens (including phenoxy) is 2. The minimum atomic E-state index is -4.63. The number of rotatable bonds is 10. The number of alkyl halides is 6. The molecule has 2 fully saturated rings. The third kappa shape index (κ3) is 14.0. The molecule has 15 nitrogen and oxygen atoms in total. The Bertz CT molecular complexity index is 2240. The van der Waals surface area contributed by atoms with Crippen LogP contribution in [0.2, 0.25) is 0 Å². The molecule has 1 N–H and O–H groups in total. The predicted octanol–water partition coefficient (Wildman–Crippen LogP) is 8.91. The molecule has 0 spiro atoms. The van der Waals surface area contributed by atoms with Crippen molar-refractivity contribution in [2.45, 2.75) is 155 Å². The molecule has 6 atom stereocenters. The molecule has 0 aromatic carbocycles. The third-order valence-electron chi connectivity index (χ3n) is 11.3. The summed E-state index contributed by atoms with van der Waals surface area (Å²) in [4.78, 5) is 76.1. The monoisotopic (exact) mass is 958 g/mol. The summed E-state index contributed by atoms with van der Waals surface area (Å²) < 4.78 is 87.0. The highest BCUT2D eigenvalue weighted by molar-refractivity contribution is 5.89. The number of aliphatic hydroxyl groups is 1. The fraction of sp³-hybridized carbons (Fsp3) is 0.532. The van der Waals surface area contributed by atoms with E-state index < -0.39 is 71.6 Å². The van der Waals surface area contributed by atoms with Crippen LogP contribution in [0, 0.1) is 5.92 Å². The van der Waals surface area contributed by atoms with E-state index >= 15 is 0 Å². The topological polar surface area (TPSA) is 191 Å². The van der Waals surface area contributed by atoms with Gasteiger partial charge >= 0.3 is 24.5 Å². The highest BCUT2D eigenvalue weighted by atomic mass is 19.4. The number of halogens is 6. The van der Waals surface area contributed by atoms with Gasteiger partial charge in [-0.05, 0) is 116 Å². The van der Waals surface area contributed by atoms with E-state index in [9.17, 15) is 50.6 Å². The largest absolute Gasteiger partial charge is 0.451 e. The maximum Gasteiger partial charge on any atom is 0.451 e. The lowest BCUT2D eigenvalue weighted by Crippen LogP contribution is -2.47. The van der Waals surface area contributed by atoms with Gasteiger partial charge in [0.05, 0.1) is 35.6 Å². The fourth-order valence-electron chi connectivity index (χ4n) is 7.68. The lowest BCUT2D eigenvalue weighted by molar-refractivity contribution is -0.145. The van der Waals surface area contributed by atoms with Crippen LogP contribution in [0.4, 0.5) is 35.9 Å². The number of hydrogen-bond acceptors (Lipinski definition) is 13. The van der Waals surface area contributed by atoms with E-state index in [1.165, 1.54) is 17.3 Å². The molecule has 2 amide bonds. The number of ketones is 2. The summed E-state index contributed by atoms with van der Waals surface area (Å²) in [5.74, 6) is -2.56. The standard InChI is InChI=1S/C24H29F3N4O3.C23H27F3N4O4/c1-14-10-19(31(15(14)2)22(33)34-23(3,4)5)20(32)7-6-16-8-9-28-18(11-16)17-12-29-21(30-13-17)24(25,26)27;1-13-19(32)10-17(30(13)21(33)34-22(2,3)4)18(31)6-5-14-7-8-27-16(9-14)15-11-28-20(29-12-15)23(24,25)26/h8-9,11-15,19H,6-7,10H2,1-5H3;7-9,11-13,17,19,32H,5-6,10H2,1-4H3/t14-,15-,19-;13-,17-,19-/m00/s1. The minimum absolute atomic E-state index is 0.0571. The molecule has 2 aliphatic rings. The number of pyridine rings is 2. The molecule has 0 unspecified atom stereocenters. The van der Waals surface area contributed by atoms with Gasteiger partial charge in [0.25, 0.3) is 0 Å². The van der Waals surface area contributed by atoms with Crippen LogP contribution < -0.4 is 0 Å². The Morgan fingerprint density at radius 1 is 0.603 bits per heavy atom. The van der Waals surface area contributed by atoms with Gasteiger partial charge in [0, 0.05) is 73.6 Å². The number of likely N-dealkylation sites (tertiary alicyclic amines) is 2. The molecule has 68 heavy (non-hydrogen) atoms. The van der Waals surface area contributed by atoms with E-state index in [0.29, 0.717) is 41.8 Å². The van der Waals surface area contributed by atoms with Gasteiger partial charge in [0.1, 0.15) is 11.2 Å². The predicted molar refractivity (Wildman–Crippen MR) is 234 cm³/mol. The Morgan fingerprint density at radius 2 is 0.971 bits per heavy atom. The Labute approximate surface area is 390 Å². The van der Waals surface area contributed by atoms with Gasteiger partial charge in [-0.15, -0.1) is 0 Å². The molecule has 4 aromatic rings. The van der Waals surface area contributed by atoms with Crippen molar-refractivity contribution in [1.29, 1.82) is 0 Å². The number of Topliss-reactive ketones (excluding diaryl/α,β-unsaturated/α-hetero) is 2. The first-order valence-electron chi connectivity index (χ1n) is 22.0. The zero-order chi connectivity index (χ0) is 50.5. The summed E-state index contributed by atoms with van der Waals surface area (Å²) in [6, 6.07) is 4.76. The summed E-state index contributed by atoms with van der Waals surface area (Å²) >= 11 is 0. The van der Waals surface area contributed by atoms with Crippen molar-refractivity contribution in [2.24, 2.45) is 5.92 Å². The number of aryl methyl sites for hydroxylation is 2. The van der Waals surface area contributed by atoms with Gasteiger partial charge in [-0.3, -0.25) is 29.4 Å². The molecule has 0 aliphatic carbocycles. The molecule has 2 aliphatic heterocycles. The van der Waals surface area contributed by atoms with E-state index in [0.717, 1.165) is 35.9 Å². The van der Waals surface area contributed by atoms with Crippen molar-refractivity contribution in [3.05, 3.63) is 84.2 Å². The number of carbonyl (C=O) groups is 4. The Balaban J connectivity index is 0.000000254. The van der Waals surface area contributed by atoms with Crippen molar-refractivity contribution < 1.29 is 60.1 Å². The number of aromatic nitrogens is 6. The van der Waals surface area contributed by atoms with Crippen molar-refractivity contribution >= 4 is 23.8 Å². The summed E-state index contributed by atoms with van der Waals surface area (Å²) in [5.41, 5.74) is 1.56. The average molecular weight is 959 g/mol. The maximum absolute atomic E-state index is 13.1. The molecule has 6 rings (SSSR count). The van der Waals surface area contributed by atoms with Crippen molar-refractivity contribution in [3.63, 3.8) is 0 Å². The summed E-state index contributed by atoms with van der Waals surface area (Å²) in [6.07, 6.45) is -2.24. The van der Waals surface area contributed by atoms with Gasteiger partial charge in [-0.1, -0.05) is 6.92 Å². The second-order valence-corrected chi connectivity index (χ2v) is 18.9. The van der Waals surface area contributed by atoms with E-state index in [-0.39, 0.29) is 42.8 Å². The van der Waals surface area contributed by atoms with Crippen LogP contribution in [0.5, 0.6) is 0 Å². The van der Waals surface area contributed by atoms with Crippen molar-refractivity contribution in [1.82, 2.24) is 39.7 Å². The summed E-state index contributed by atoms with van der Waals surface area (Å²) in [7, 11) is 0. The number of aliphatic hydroxyl groups excluding tert-OH is 1. The number of carbonyl (C=O) groups excluding carboxylic acids is 4. The van der Waals surface area contributed by atoms with Crippen LogP contribution >= 0.6 is 0 Å². The zero-order valence-corrected chi connectivity index (χ0v) is 39.2. The number of hydrogen-bond donors (Lipinski definition) is 1. The Morgan fingerprint density at radius 3 is 1.34 bits per heavy atom. The first-order valence-corrected chi connectivity index (χ1v) is 22.0. The van der Waals surface area contributed by atoms with Crippen LogP contribution in [0.1, 0.15) is 111 Å². The normalized spacial score (nSPS) is 20.9. The first kappa shape index (κ1) is 52.8. The van der Waals surface area contributed by atoms with Crippen molar-refractivity contribution in [2.75, 3.05) is 0 Å². The zero-order valence-electron chi connectivity index (χ0n) is 39.2. The van der Waals surface area contributed by atoms with Crippen LogP contribution in [0.3, 0.4) is 0 Å². The van der Waals surface area contributed by atoms with E-state index in [1.807, 2.05) is 13.8 Å². The SMILES string of the molecule is C[C@H]1C[C@@H](C(=O)CCc2ccnc(-c3cnc(C(F)(F)F)nc3)c2)N(C(=O)OC(C)(C)C)[C@H]1C.C[C@H]1[C@@H](O)C[C@@H](C(=O)CCc2ccnc(-c3cnc(C(F)(F)F)nc3)c2)N1C(=O)OC(C)(C)C. The molecule has 4 aromatic heterocycles. The first-order chi connectivity index (χ1) is 31.5. The fourth-order valence-corrected chi connectivity index (χ4v) is 7.68. The molecule has 21 heteroatoms. The lowest BCUT2D eigenvalue weighted by Gasteiger charge is -2.31. The second kappa shape index (κ2) is 21.0. The van der Waals surface area contributed by atoms with Gasteiger partial charge in [0.15, 0.2) is 11.6 Å². The minimum Gasteiger partial charge on any atom is -0.444 e. The average Bonchev–Trinajstić information content (AvgIpc) is 3.73. The van der Waals surface area contributed by atoms with Gasteiger partial charge in [-0.25, -0.2) is 29.5 Å². The van der Waals surface area contributed by atoms with Crippen LogP contribution in [-0.4, -0.2) is 110 Å². The third-order valence-corrected chi connectivity index (χ3v) is 11.3. The number of nitrogens with zero attached hydrogens (tertiary/aromatic N) is 8. The van der Waals surface area contributed by atoms with Crippen LogP contribution in [0.15, 0.2) is 61.4 Å². The molecule has 0 radical (unpaired) electrons. The second-order valence-electron chi connectivity index (χ2n) is 18.9. The lowest BCUT2D eigenvalue weighted by atomic mass is 9.98. The van der Waals surface area contributed by atoms with Gasteiger partial charge in [0.2, 0.25) is 11.6 Å². The highest BCUT2D eigenvalue weighted by Crippen LogP contribution is 2.34. The molecular weight excluding hydrogens is 903 g/mol. The van der Waals surface area contributed by atoms with Gasteiger partial charge in [-0.2, -0.15) is 26.3 Å². The smallest absolute Gasteiger partial charge is 0.444 e. The molecule has 368 valence electrons. The quantitative estimate of drug-likeness (QED) is 0.148. The van der Waals surface area contributed by atoms with E-state index in [1.54, 1.807) is 77.6 Å². The highest BCUT2D eigenvalue weighted by Gasteiger charge is 2.46. The Hall–Kier alpha value is -6.12. The van der Waals surface area contributed by atoms with Gasteiger partial charge < -0.3 is 14.6 Å². The maximum atomic E-state index is 13.1. The molecule has 2 saturated heterocycles. The summed E-state index contributed by atoms with van der Waals surface area (Å²) in [5, 5.41) is 10.3.